The first-order valence-corrected chi connectivity index (χ1v) is 16.2. The number of rotatable bonds is 20. The van der Waals surface area contributed by atoms with E-state index in [4.69, 9.17) is 9.47 Å². The molecule has 0 bridgehead atoms. The second kappa shape index (κ2) is 30.5. The van der Waals surface area contributed by atoms with Gasteiger partial charge in [0.15, 0.2) is 0 Å². The average Bonchev–Trinajstić information content (AvgIpc) is 2.90. The summed E-state index contributed by atoms with van der Waals surface area (Å²) in [5.74, 6) is 0.712. The van der Waals surface area contributed by atoms with Gasteiger partial charge in [-0.25, -0.2) is 4.79 Å². The summed E-state index contributed by atoms with van der Waals surface area (Å²) in [6.45, 7) is 8.77. The predicted molar refractivity (Wildman–Crippen MR) is 160 cm³/mol. The van der Waals surface area contributed by atoms with Gasteiger partial charge in [0.05, 0.1) is 12.7 Å². The molecule has 44 heavy (non-hydrogen) atoms. The Hall–Kier alpha value is 2.72. The van der Waals surface area contributed by atoms with Crippen molar-refractivity contribution in [1.82, 2.24) is 16.0 Å². The summed E-state index contributed by atoms with van der Waals surface area (Å²) in [4.78, 5) is 35.5. The molecule has 1 rings (SSSR count). The normalized spacial score (nSPS) is 21.1. The minimum absolute atomic E-state index is 0. The van der Waals surface area contributed by atoms with Crippen LogP contribution in [0.1, 0.15) is 98.3 Å². The number of aliphatic hydroxyl groups is 3. The van der Waals surface area contributed by atoms with Gasteiger partial charge in [0.25, 0.3) is 0 Å². The van der Waals surface area contributed by atoms with E-state index in [1.165, 1.54) is 0 Å². The number of nitrogens with one attached hydrogen (secondary N) is 3. The third-order valence-electron chi connectivity index (χ3n) is 6.76. The Labute approximate surface area is 376 Å². The van der Waals surface area contributed by atoms with Crippen LogP contribution in [0.25, 0.3) is 0 Å². The quantitative estimate of drug-likeness (QED) is 0.101. The summed E-state index contributed by atoms with van der Waals surface area (Å²) in [6.07, 6.45) is 5.56. The summed E-state index contributed by atoms with van der Waals surface area (Å²) >= 11 is 1.59. The minimum Gasteiger partial charge on any atom is -0.444 e. The molecule has 1 heterocycles. The molecule has 3 amide bonds. The van der Waals surface area contributed by atoms with E-state index >= 15 is 0 Å². The molecule has 5 atom stereocenters. The van der Waals surface area contributed by atoms with Crippen LogP contribution < -0.4 is 16.0 Å². The molecule has 1 saturated heterocycles. The predicted octanol–water partition coefficient (Wildman–Crippen LogP) is 2.84. The zero-order valence-electron chi connectivity index (χ0n) is 27.2. The number of ether oxygens (including phenoxy) is 2. The van der Waals surface area contributed by atoms with Crippen LogP contribution in [0.3, 0.4) is 0 Å². The largest absolute Gasteiger partial charge is 0.444 e. The van der Waals surface area contributed by atoms with Gasteiger partial charge in [-0.15, -0.1) is 11.8 Å². The van der Waals surface area contributed by atoms with Crippen molar-refractivity contribution < 1.29 is 171 Å². The SMILES string of the molecule is CC1[C@@H](O)[C@@H](O)C(CO)O[C@H]1SCCCCCNC(=O)CCCCCNC(=O)CCCCCNC(=O)OC(C)(C)C.[Ac].[Ac].[Ac]. The monoisotopic (exact) mass is 1290 g/mol. The number of hydrogen-bond donors (Lipinski definition) is 6. The van der Waals surface area contributed by atoms with Crippen molar-refractivity contribution >= 4 is 29.7 Å². The number of carbonyl (C=O) groups is 3. The van der Waals surface area contributed by atoms with Crippen molar-refractivity contribution in [3.8, 4) is 0 Å². The van der Waals surface area contributed by atoms with Gasteiger partial charge in [0.1, 0.15) is 23.2 Å². The van der Waals surface area contributed by atoms with Gasteiger partial charge in [-0.1, -0.05) is 26.2 Å². The first kappa shape index (κ1) is 51.1. The minimum atomic E-state index is -1.06. The summed E-state index contributed by atoms with van der Waals surface area (Å²) < 4.78 is 10.9. The van der Waals surface area contributed by atoms with Crippen LogP contribution in [0.4, 0.5) is 4.79 Å². The molecule has 0 spiro atoms. The van der Waals surface area contributed by atoms with Gasteiger partial charge in [-0.2, -0.15) is 0 Å². The molecule has 11 nitrogen and oxygen atoms in total. The fraction of sp³-hybridized carbons (Fsp3) is 0.897. The van der Waals surface area contributed by atoms with Crippen LogP contribution in [0.15, 0.2) is 0 Å². The molecular weight excluding hydrogens is 1230 g/mol. The number of thioether (sulfide) groups is 1. The molecule has 3 radical (unpaired) electrons. The van der Waals surface area contributed by atoms with Gasteiger partial charge < -0.3 is 40.7 Å². The summed E-state index contributed by atoms with van der Waals surface area (Å²) in [5, 5.41) is 38.0. The van der Waals surface area contributed by atoms with Crippen molar-refractivity contribution in [2.75, 3.05) is 32.0 Å². The maximum absolute atomic E-state index is 12.0. The number of alkyl carbamates (subject to hydrolysis) is 1. The molecule has 6 N–H and O–H groups in total. The summed E-state index contributed by atoms with van der Waals surface area (Å²) in [6, 6.07) is 0. The summed E-state index contributed by atoms with van der Waals surface area (Å²) in [5.41, 5.74) is -0.765. The van der Waals surface area contributed by atoms with Gasteiger partial charge in [-0.05, 0) is 65.0 Å². The third kappa shape index (κ3) is 25.7. The van der Waals surface area contributed by atoms with Crippen molar-refractivity contribution in [1.29, 1.82) is 0 Å². The molecule has 1 fully saturated rings. The number of amides is 3. The Morgan fingerprint density at radius 3 is 1.70 bits per heavy atom. The molecule has 1 aliphatic heterocycles. The van der Waals surface area contributed by atoms with Gasteiger partial charge in [0.2, 0.25) is 11.8 Å². The van der Waals surface area contributed by atoms with Crippen LogP contribution in [0.2, 0.25) is 0 Å². The standard InChI is InChI=1S/C29H55N3O8S.3Ac/c1-21-25(36)26(37)22(20-33)39-27(21)41-19-13-7-12-17-31-24(35)14-8-5-10-16-30-23(34)15-9-6-11-18-32-28(38)40-29(2,3)4;;;/h21-22,25-27,33,36-37H,5-20H2,1-4H3,(H,30,34)(H,31,35)(H,32,38);;;/t21?,22?,25-,26+,27+;;;/m1.../s1. The number of carbonyl (C=O) groups excluding carboxylic acids is 3. The van der Waals surface area contributed by atoms with E-state index in [9.17, 15) is 29.7 Å². The Morgan fingerprint density at radius 1 is 0.750 bits per heavy atom. The number of aliphatic hydroxyl groups excluding tert-OH is 3. The topological polar surface area (TPSA) is 166 Å². The van der Waals surface area contributed by atoms with Gasteiger partial charge >= 0.3 is 6.09 Å². The molecule has 1 aliphatic rings. The van der Waals surface area contributed by atoms with Crippen molar-refractivity contribution in [3.05, 3.63) is 0 Å². The average molecular weight is 1290 g/mol. The van der Waals surface area contributed by atoms with E-state index < -0.39 is 30.0 Å². The zero-order valence-corrected chi connectivity index (χ0v) is 42.3. The Morgan fingerprint density at radius 2 is 1.23 bits per heavy atom. The first-order valence-electron chi connectivity index (χ1n) is 15.2. The van der Waals surface area contributed by atoms with Crippen LogP contribution >= 0.6 is 11.8 Å². The summed E-state index contributed by atoms with van der Waals surface area (Å²) in [7, 11) is 0. The van der Waals surface area contributed by atoms with E-state index in [0.717, 1.165) is 63.5 Å². The first-order chi connectivity index (χ1) is 19.4. The van der Waals surface area contributed by atoms with Crippen LogP contribution in [-0.4, -0.2) is 94.6 Å². The maximum Gasteiger partial charge on any atom is 0.407 e. The van der Waals surface area contributed by atoms with Crippen molar-refractivity contribution in [3.63, 3.8) is 0 Å². The van der Waals surface area contributed by atoms with E-state index in [-0.39, 0.29) is 162 Å². The number of unbranched alkanes of at least 4 members (excludes halogenated alkanes) is 6. The maximum atomic E-state index is 12.0. The molecule has 0 aromatic heterocycles. The Balaban J connectivity index is -0.00000560. The van der Waals surface area contributed by atoms with E-state index in [1.807, 2.05) is 27.7 Å². The fourth-order valence-electron chi connectivity index (χ4n) is 4.33. The molecule has 0 aliphatic carbocycles. The molecule has 15 heteroatoms. The molecule has 2 unspecified atom stereocenters. The zero-order chi connectivity index (χ0) is 30.7. The van der Waals surface area contributed by atoms with Crippen molar-refractivity contribution in [2.45, 2.75) is 128 Å². The molecule has 0 aromatic carbocycles. The van der Waals surface area contributed by atoms with Crippen LogP contribution in [0.5, 0.6) is 0 Å². The fourth-order valence-corrected chi connectivity index (χ4v) is 5.61. The van der Waals surface area contributed by atoms with Gasteiger partial charge in [-0.3, -0.25) is 9.59 Å². The smallest absolute Gasteiger partial charge is 0.407 e. The molecule has 0 aromatic rings. The van der Waals surface area contributed by atoms with Crippen LogP contribution in [0, 0.1) is 138 Å². The van der Waals surface area contributed by atoms with Gasteiger partial charge in [0, 0.05) is 171 Å². The molecule has 249 valence electrons. The molecular formula is C29H55Ac3N3O8S. The Kier molecular flexibility index (Phi) is 35.5. The molecule has 0 saturated carbocycles. The third-order valence-corrected chi connectivity index (χ3v) is 8.16. The Bertz CT molecular complexity index is 766. The van der Waals surface area contributed by atoms with E-state index in [1.54, 1.807) is 11.8 Å². The second-order valence-corrected chi connectivity index (χ2v) is 13.0. The number of hydrogen-bond acceptors (Lipinski definition) is 9. The van der Waals surface area contributed by atoms with E-state index in [0.29, 0.717) is 32.5 Å². The van der Waals surface area contributed by atoms with E-state index in [2.05, 4.69) is 16.0 Å². The second-order valence-electron chi connectivity index (χ2n) is 11.7. The van der Waals surface area contributed by atoms with Crippen LogP contribution in [-0.2, 0) is 19.1 Å². The van der Waals surface area contributed by atoms with Crippen molar-refractivity contribution in [2.24, 2.45) is 5.92 Å².